The number of nitrogens with zero attached hydrogens (tertiary/aromatic N) is 3. The third kappa shape index (κ3) is 3.39. The van der Waals surface area contributed by atoms with Crippen LogP contribution in [-0.4, -0.2) is 26.6 Å². The summed E-state index contributed by atoms with van der Waals surface area (Å²) in [5, 5.41) is 25.5. The molecule has 0 saturated heterocycles. The molecule has 2 heterocycles. The summed E-state index contributed by atoms with van der Waals surface area (Å²) >= 11 is 5.96. The molecule has 2 atom stereocenters. The van der Waals surface area contributed by atoms with Crippen molar-refractivity contribution in [1.82, 2.24) is 9.78 Å². The van der Waals surface area contributed by atoms with Gasteiger partial charge < -0.3 is 9.84 Å². The molecule has 0 saturated carbocycles. The standard InChI is InChI=1S/C22H18ClN3O3/c1-22(2)21(28)20(16-11-13(12-24)3-9-18(16)29-22)26-19(27)10-8-17(25-26)14-4-6-15(23)7-5-14/h3-11,20-21,28H,1-2H3/t20-,21+/m1/s1. The van der Waals surface area contributed by atoms with Crippen LogP contribution in [0.15, 0.2) is 59.4 Å². The van der Waals surface area contributed by atoms with Crippen molar-refractivity contribution in [2.75, 3.05) is 0 Å². The van der Waals surface area contributed by atoms with Crippen molar-refractivity contribution in [2.45, 2.75) is 31.6 Å². The van der Waals surface area contributed by atoms with E-state index in [-0.39, 0.29) is 5.56 Å². The number of hydrogen-bond acceptors (Lipinski definition) is 5. The van der Waals surface area contributed by atoms with Gasteiger partial charge in [-0.3, -0.25) is 4.79 Å². The minimum Gasteiger partial charge on any atom is -0.485 e. The summed E-state index contributed by atoms with van der Waals surface area (Å²) in [5.74, 6) is 0.509. The van der Waals surface area contributed by atoms with Crippen molar-refractivity contribution >= 4 is 11.6 Å². The van der Waals surface area contributed by atoms with Crippen LogP contribution in [0.1, 0.15) is 31.0 Å². The first-order valence-corrected chi connectivity index (χ1v) is 9.45. The van der Waals surface area contributed by atoms with E-state index in [2.05, 4.69) is 11.2 Å². The Morgan fingerprint density at radius 2 is 1.90 bits per heavy atom. The number of fused-ring (bicyclic) bond motifs is 1. The van der Waals surface area contributed by atoms with Gasteiger partial charge in [0.15, 0.2) is 0 Å². The summed E-state index contributed by atoms with van der Waals surface area (Å²) in [6.45, 7) is 3.50. The normalized spacial score (nSPS) is 19.7. The number of aromatic nitrogens is 2. The fourth-order valence-electron chi connectivity index (χ4n) is 3.50. The van der Waals surface area contributed by atoms with Gasteiger partial charge in [0.2, 0.25) is 0 Å². The monoisotopic (exact) mass is 407 g/mol. The lowest BCUT2D eigenvalue weighted by Gasteiger charge is -2.42. The van der Waals surface area contributed by atoms with Crippen LogP contribution in [-0.2, 0) is 0 Å². The zero-order chi connectivity index (χ0) is 20.8. The Labute approximate surface area is 172 Å². The summed E-state index contributed by atoms with van der Waals surface area (Å²) in [7, 11) is 0. The maximum Gasteiger partial charge on any atom is 0.267 e. The van der Waals surface area contributed by atoms with Crippen LogP contribution in [0.25, 0.3) is 11.3 Å². The van der Waals surface area contributed by atoms with Gasteiger partial charge in [-0.15, -0.1) is 0 Å². The van der Waals surface area contributed by atoms with E-state index in [1.165, 1.54) is 10.7 Å². The van der Waals surface area contributed by atoms with E-state index in [1.807, 2.05) is 12.1 Å². The minimum absolute atomic E-state index is 0.363. The van der Waals surface area contributed by atoms with Gasteiger partial charge in [-0.1, -0.05) is 23.7 Å². The Hall–Kier alpha value is -3.14. The summed E-state index contributed by atoms with van der Waals surface area (Å²) in [4.78, 5) is 12.7. The SMILES string of the molecule is CC1(C)Oc2ccc(C#N)cc2[C@@H](n2nc(-c3ccc(Cl)cc3)ccc2=O)[C@@H]1O. The quantitative estimate of drug-likeness (QED) is 0.701. The fraction of sp³-hybridized carbons (Fsp3) is 0.227. The average Bonchev–Trinajstić information content (AvgIpc) is 2.70. The molecule has 146 valence electrons. The van der Waals surface area contributed by atoms with Gasteiger partial charge in [-0.2, -0.15) is 10.4 Å². The van der Waals surface area contributed by atoms with Gasteiger partial charge in [0.1, 0.15) is 23.5 Å². The van der Waals surface area contributed by atoms with E-state index in [0.717, 1.165) is 5.56 Å². The molecule has 7 heteroatoms. The van der Waals surface area contributed by atoms with E-state index in [4.69, 9.17) is 16.3 Å². The Balaban J connectivity index is 1.91. The highest BCUT2D eigenvalue weighted by Gasteiger charge is 2.45. The second-order valence-corrected chi connectivity index (χ2v) is 7.90. The van der Waals surface area contributed by atoms with Crippen LogP contribution in [0.5, 0.6) is 5.75 Å². The van der Waals surface area contributed by atoms with E-state index < -0.39 is 17.7 Å². The second kappa shape index (κ2) is 7.03. The van der Waals surface area contributed by atoms with Gasteiger partial charge in [-0.05, 0) is 50.2 Å². The molecular weight excluding hydrogens is 390 g/mol. The number of rotatable bonds is 2. The first-order valence-electron chi connectivity index (χ1n) is 9.07. The predicted molar refractivity (Wildman–Crippen MR) is 109 cm³/mol. The minimum atomic E-state index is -1.06. The summed E-state index contributed by atoms with van der Waals surface area (Å²) < 4.78 is 7.20. The molecule has 0 aliphatic carbocycles. The van der Waals surface area contributed by atoms with Crippen LogP contribution in [0.2, 0.25) is 5.02 Å². The summed E-state index contributed by atoms with van der Waals surface area (Å²) in [6, 6.07) is 16.4. The van der Waals surface area contributed by atoms with E-state index >= 15 is 0 Å². The molecule has 2 aromatic carbocycles. The largest absolute Gasteiger partial charge is 0.485 e. The van der Waals surface area contributed by atoms with Crippen molar-refractivity contribution in [3.05, 3.63) is 81.1 Å². The highest BCUT2D eigenvalue weighted by Crippen LogP contribution is 2.41. The Kier molecular flexibility index (Phi) is 4.65. The third-order valence-corrected chi connectivity index (χ3v) is 5.32. The molecule has 29 heavy (non-hydrogen) atoms. The summed E-state index contributed by atoms with van der Waals surface area (Å²) in [6.07, 6.45) is -1.06. The molecule has 1 aliphatic rings. The highest BCUT2D eigenvalue weighted by molar-refractivity contribution is 6.30. The van der Waals surface area contributed by atoms with E-state index in [1.54, 1.807) is 50.2 Å². The molecule has 6 nitrogen and oxygen atoms in total. The topological polar surface area (TPSA) is 88.1 Å². The van der Waals surface area contributed by atoms with E-state index in [9.17, 15) is 15.2 Å². The first kappa shape index (κ1) is 19.2. The molecule has 1 aliphatic heterocycles. The lowest BCUT2D eigenvalue weighted by molar-refractivity contribution is -0.0666. The van der Waals surface area contributed by atoms with Gasteiger partial charge in [0.05, 0.1) is 17.3 Å². The molecule has 0 fully saturated rings. The zero-order valence-electron chi connectivity index (χ0n) is 15.8. The van der Waals surface area contributed by atoms with Gasteiger partial charge in [0, 0.05) is 22.2 Å². The third-order valence-electron chi connectivity index (χ3n) is 5.07. The maximum atomic E-state index is 12.7. The fourth-order valence-corrected chi connectivity index (χ4v) is 3.63. The van der Waals surface area contributed by atoms with Crippen LogP contribution < -0.4 is 10.3 Å². The summed E-state index contributed by atoms with van der Waals surface area (Å²) in [5.41, 5.74) is 0.983. The second-order valence-electron chi connectivity index (χ2n) is 7.47. The van der Waals surface area contributed by atoms with Crippen molar-refractivity contribution in [2.24, 2.45) is 0 Å². The molecule has 0 bridgehead atoms. The lowest BCUT2D eigenvalue weighted by Crippen LogP contribution is -2.52. The van der Waals surface area contributed by atoms with Crippen LogP contribution in [0.4, 0.5) is 0 Å². The van der Waals surface area contributed by atoms with Gasteiger partial charge in [0.25, 0.3) is 5.56 Å². The van der Waals surface area contributed by atoms with Crippen molar-refractivity contribution in [1.29, 1.82) is 5.26 Å². The number of aliphatic hydroxyl groups excluding tert-OH is 1. The number of aliphatic hydroxyl groups is 1. The molecule has 0 radical (unpaired) electrons. The predicted octanol–water partition coefficient (Wildman–Crippen LogP) is 3.56. The Bertz CT molecular complexity index is 1180. The first-order chi connectivity index (χ1) is 13.8. The smallest absolute Gasteiger partial charge is 0.267 e. The van der Waals surface area contributed by atoms with Gasteiger partial charge in [-0.25, -0.2) is 4.68 Å². The number of benzene rings is 2. The molecule has 4 rings (SSSR count). The molecule has 3 aromatic rings. The van der Waals surface area contributed by atoms with Crippen molar-refractivity contribution in [3.8, 4) is 23.1 Å². The number of halogens is 1. The van der Waals surface area contributed by atoms with Crippen LogP contribution in [0, 0.1) is 11.3 Å². The van der Waals surface area contributed by atoms with Crippen LogP contribution in [0.3, 0.4) is 0 Å². The molecule has 0 unspecified atom stereocenters. The number of hydrogen-bond donors (Lipinski definition) is 1. The average molecular weight is 408 g/mol. The molecule has 0 spiro atoms. The number of ether oxygens (including phenoxy) is 1. The molecular formula is C22H18ClN3O3. The molecule has 1 N–H and O–H groups in total. The van der Waals surface area contributed by atoms with Crippen molar-refractivity contribution < 1.29 is 9.84 Å². The zero-order valence-corrected chi connectivity index (χ0v) is 16.6. The molecule has 1 aromatic heterocycles. The maximum absolute atomic E-state index is 12.7. The van der Waals surface area contributed by atoms with Crippen LogP contribution >= 0.6 is 11.6 Å². The van der Waals surface area contributed by atoms with Crippen molar-refractivity contribution in [3.63, 3.8) is 0 Å². The Morgan fingerprint density at radius 1 is 1.17 bits per heavy atom. The molecule has 0 amide bonds. The van der Waals surface area contributed by atoms with Gasteiger partial charge >= 0.3 is 0 Å². The lowest BCUT2D eigenvalue weighted by atomic mass is 9.86. The highest BCUT2D eigenvalue weighted by atomic mass is 35.5. The number of nitriles is 1. The Morgan fingerprint density at radius 3 is 2.59 bits per heavy atom. The van der Waals surface area contributed by atoms with E-state index in [0.29, 0.717) is 27.6 Å².